The van der Waals surface area contributed by atoms with E-state index < -0.39 is 6.10 Å². The number of hydrogen-bond donors (Lipinski definition) is 2. The smallest absolute Gasteiger partial charge is 0.268 e. The summed E-state index contributed by atoms with van der Waals surface area (Å²) in [6.45, 7) is 4.39. The Bertz CT molecular complexity index is 994. The number of likely N-dealkylation sites (tertiary alicyclic amines) is 1. The summed E-state index contributed by atoms with van der Waals surface area (Å²) in [7, 11) is 1.55. The minimum Gasteiger partial charge on any atom is -0.495 e. The molecule has 0 aliphatic carbocycles. The highest BCUT2D eigenvalue weighted by molar-refractivity contribution is 5.95. The summed E-state index contributed by atoms with van der Waals surface area (Å²) < 4.78 is 6.85. The van der Waals surface area contributed by atoms with Gasteiger partial charge in [-0.15, -0.1) is 0 Å². The fraction of sp³-hybridized carbons (Fsp3) is 0.478. The van der Waals surface area contributed by atoms with Gasteiger partial charge in [-0.3, -0.25) is 14.2 Å². The van der Waals surface area contributed by atoms with E-state index in [0.29, 0.717) is 30.0 Å². The second-order valence-electron chi connectivity index (χ2n) is 8.51. The number of piperidine rings is 2. The first-order valence-electron chi connectivity index (χ1n) is 10.5. The van der Waals surface area contributed by atoms with Crippen molar-refractivity contribution in [3.63, 3.8) is 0 Å². The molecule has 1 spiro atoms. The quantitative estimate of drug-likeness (QED) is 0.804. The van der Waals surface area contributed by atoms with Crippen LogP contribution in [0.5, 0.6) is 5.75 Å². The SMILES string of the molecule is COc1ccccc1-n1ccc(C)c(C(=O)N2CC(O)CC3(CCNCC3)C2)c1=O. The van der Waals surface area contributed by atoms with Gasteiger partial charge < -0.3 is 20.1 Å². The van der Waals surface area contributed by atoms with Gasteiger partial charge in [-0.2, -0.15) is 0 Å². The van der Waals surface area contributed by atoms with E-state index in [4.69, 9.17) is 4.74 Å². The monoisotopic (exact) mass is 411 g/mol. The maximum atomic E-state index is 13.5. The number of aryl methyl sites for hydroxylation is 1. The lowest BCUT2D eigenvalue weighted by Crippen LogP contribution is -2.55. The number of amides is 1. The number of aliphatic hydroxyl groups is 1. The van der Waals surface area contributed by atoms with E-state index in [1.807, 2.05) is 12.1 Å². The molecule has 2 saturated heterocycles. The number of methoxy groups -OCH3 is 1. The summed E-state index contributed by atoms with van der Waals surface area (Å²) in [5, 5.41) is 13.9. The Morgan fingerprint density at radius 2 is 1.97 bits per heavy atom. The number of β-amino-alcohol motifs (C(OH)–C–C–N with tert-alkyl or cyclic N) is 1. The maximum Gasteiger partial charge on any atom is 0.268 e. The Morgan fingerprint density at radius 3 is 2.70 bits per heavy atom. The van der Waals surface area contributed by atoms with Gasteiger partial charge in [0, 0.05) is 19.3 Å². The molecule has 1 aromatic heterocycles. The lowest BCUT2D eigenvalue weighted by molar-refractivity contribution is -0.0175. The van der Waals surface area contributed by atoms with Gasteiger partial charge in [-0.05, 0) is 68.5 Å². The first-order valence-corrected chi connectivity index (χ1v) is 10.5. The Balaban J connectivity index is 1.71. The van der Waals surface area contributed by atoms with Crippen molar-refractivity contribution in [2.24, 2.45) is 5.41 Å². The topological polar surface area (TPSA) is 83.8 Å². The molecule has 1 atom stereocenters. The number of para-hydroxylation sites is 2. The van der Waals surface area contributed by atoms with Gasteiger partial charge in [0.15, 0.2) is 0 Å². The van der Waals surface area contributed by atoms with Crippen LogP contribution in [-0.2, 0) is 0 Å². The summed E-state index contributed by atoms with van der Waals surface area (Å²) >= 11 is 0. The molecule has 2 N–H and O–H groups in total. The number of pyridine rings is 1. The minimum atomic E-state index is -0.568. The van der Waals surface area contributed by atoms with Crippen molar-refractivity contribution in [2.45, 2.75) is 32.3 Å². The Hall–Kier alpha value is -2.64. The molecule has 1 unspecified atom stereocenters. The Kier molecular flexibility index (Phi) is 5.66. The molecule has 7 nitrogen and oxygen atoms in total. The van der Waals surface area contributed by atoms with Crippen LogP contribution in [0.15, 0.2) is 41.3 Å². The van der Waals surface area contributed by atoms with Crippen LogP contribution >= 0.6 is 0 Å². The van der Waals surface area contributed by atoms with Crippen molar-refractivity contribution in [3.05, 3.63) is 58.0 Å². The Morgan fingerprint density at radius 1 is 1.23 bits per heavy atom. The van der Waals surface area contributed by atoms with E-state index in [1.54, 1.807) is 43.3 Å². The largest absolute Gasteiger partial charge is 0.495 e. The van der Waals surface area contributed by atoms with Crippen molar-refractivity contribution in [1.29, 1.82) is 0 Å². The van der Waals surface area contributed by atoms with E-state index in [2.05, 4.69) is 5.32 Å². The van der Waals surface area contributed by atoms with E-state index in [-0.39, 0.29) is 29.0 Å². The molecule has 0 saturated carbocycles. The molecule has 160 valence electrons. The molecule has 2 fully saturated rings. The highest BCUT2D eigenvalue weighted by Crippen LogP contribution is 2.38. The summed E-state index contributed by atoms with van der Waals surface area (Å²) in [6.07, 6.45) is 3.66. The minimum absolute atomic E-state index is 0.0804. The highest BCUT2D eigenvalue weighted by atomic mass is 16.5. The van der Waals surface area contributed by atoms with Crippen molar-refractivity contribution < 1.29 is 14.6 Å². The molecule has 0 bridgehead atoms. The molecule has 30 heavy (non-hydrogen) atoms. The summed E-state index contributed by atoms with van der Waals surface area (Å²) in [6, 6.07) is 9.01. The molecule has 3 heterocycles. The standard InChI is InChI=1S/C23H29N3O4/c1-16-7-12-26(18-5-3-4-6-19(18)30-2)22(29)20(16)21(28)25-14-17(27)13-23(15-25)8-10-24-11-9-23/h3-7,12,17,24,27H,8-11,13-15H2,1-2H3. The van der Waals surface area contributed by atoms with E-state index >= 15 is 0 Å². The van der Waals surface area contributed by atoms with Crippen molar-refractivity contribution in [2.75, 3.05) is 33.3 Å². The first kappa shape index (κ1) is 20.6. The number of aliphatic hydroxyl groups excluding tert-OH is 1. The van der Waals surface area contributed by atoms with Crippen LogP contribution in [0, 0.1) is 12.3 Å². The summed E-state index contributed by atoms with van der Waals surface area (Å²) in [5.74, 6) is 0.252. The molecule has 4 rings (SSSR count). The average Bonchev–Trinajstić information content (AvgIpc) is 2.74. The first-order chi connectivity index (χ1) is 14.4. The molecule has 2 aliphatic rings. The van der Waals surface area contributed by atoms with Gasteiger partial charge in [0.1, 0.15) is 11.3 Å². The molecule has 1 amide bonds. The average molecular weight is 412 g/mol. The highest BCUT2D eigenvalue weighted by Gasteiger charge is 2.42. The number of carbonyl (C=O) groups is 1. The Labute approximate surface area is 176 Å². The molecular weight excluding hydrogens is 382 g/mol. The van der Waals surface area contributed by atoms with Gasteiger partial charge in [0.05, 0.1) is 18.9 Å². The number of hydrogen-bond acceptors (Lipinski definition) is 5. The maximum absolute atomic E-state index is 13.5. The van der Waals surface area contributed by atoms with Crippen LogP contribution in [0.25, 0.3) is 5.69 Å². The third-order valence-electron chi connectivity index (χ3n) is 6.44. The summed E-state index contributed by atoms with van der Waals surface area (Å²) in [5.41, 5.74) is 0.928. The van der Waals surface area contributed by atoms with Gasteiger partial charge in [0.25, 0.3) is 11.5 Å². The second-order valence-corrected chi connectivity index (χ2v) is 8.51. The van der Waals surface area contributed by atoms with Gasteiger partial charge in [0.2, 0.25) is 0 Å². The molecule has 2 aromatic rings. The number of rotatable bonds is 3. The number of aromatic nitrogens is 1. The van der Waals surface area contributed by atoms with Gasteiger partial charge >= 0.3 is 0 Å². The van der Waals surface area contributed by atoms with Crippen LogP contribution in [-0.4, -0.2) is 59.9 Å². The zero-order valence-electron chi connectivity index (χ0n) is 17.6. The third-order valence-corrected chi connectivity index (χ3v) is 6.44. The van der Waals surface area contributed by atoms with Crippen LogP contribution in [0.3, 0.4) is 0 Å². The van der Waals surface area contributed by atoms with E-state index in [0.717, 1.165) is 25.9 Å². The molecule has 7 heteroatoms. The van der Waals surface area contributed by atoms with Crippen LogP contribution in [0.1, 0.15) is 35.2 Å². The summed E-state index contributed by atoms with van der Waals surface area (Å²) in [4.78, 5) is 28.6. The molecule has 0 radical (unpaired) electrons. The normalized spacial score (nSPS) is 20.9. The number of nitrogens with one attached hydrogen (secondary N) is 1. The number of ether oxygens (including phenoxy) is 1. The molecule has 1 aromatic carbocycles. The molecule has 2 aliphatic heterocycles. The number of carbonyl (C=O) groups excluding carboxylic acids is 1. The van der Waals surface area contributed by atoms with Crippen LogP contribution in [0.2, 0.25) is 0 Å². The van der Waals surface area contributed by atoms with Crippen LogP contribution in [0.4, 0.5) is 0 Å². The zero-order valence-corrected chi connectivity index (χ0v) is 17.6. The van der Waals surface area contributed by atoms with Gasteiger partial charge in [-0.25, -0.2) is 0 Å². The van der Waals surface area contributed by atoms with Crippen molar-refractivity contribution >= 4 is 5.91 Å². The fourth-order valence-corrected chi connectivity index (χ4v) is 4.89. The van der Waals surface area contributed by atoms with Crippen LogP contribution < -0.4 is 15.6 Å². The lowest BCUT2D eigenvalue weighted by atomic mass is 9.72. The van der Waals surface area contributed by atoms with E-state index in [9.17, 15) is 14.7 Å². The zero-order chi connectivity index (χ0) is 21.3. The predicted octanol–water partition coefficient (Wildman–Crippen LogP) is 1.73. The fourth-order valence-electron chi connectivity index (χ4n) is 4.89. The second kappa shape index (κ2) is 8.24. The van der Waals surface area contributed by atoms with E-state index in [1.165, 1.54) is 4.57 Å². The molecular formula is C23H29N3O4. The number of benzene rings is 1. The van der Waals surface area contributed by atoms with Gasteiger partial charge in [-0.1, -0.05) is 12.1 Å². The van der Waals surface area contributed by atoms with Crippen molar-refractivity contribution in [3.8, 4) is 11.4 Å². The third kappa shape index (κ3) is 3.75. The van der Waals surface area contributed by atoms with Crippen molar-refractivity contribution in [1.82, 2.24) is 14.8 Å². The predicted molar refractivity (Wildman–Crippen MR) is 114 cm³/mol. The lowest BCUT2D eigenvalue weighted by Gasteiger charge is -2.47. The number of nitrogens with zero attached hydrogens (tertiary/aromatic N) is 2.